The van der Waals surface area contributed by atoms with Crippen molar-refractivity contribution in [1.82, 2.24) is 0 Å². The van der Waals surface area contributed by atoms with Gasteiger partial charge in [-0.05, 0) is 30.3 Å². The molecule has 0 amide bonds. The quantitative estimate of drug-likeness (QED) is 0.833. The predicted octanol–water partition coefficient (Wildman–Crippen LogP) is 2.31. The molecule has 0 atom stereocenters. The summed E-state index contributed by atoms with van der Waals surface area (Å²) in [6.45, 7) is 0. The van der Waals surface area contributed by atoms with E-state index in [1.165, 1.54) is 16.4 Å². The zero-order valence-electron chi connectivity index (χ0n) is 9.37. The maximum Gasteiger partial charge on any atom is 0.264 e. The monoisotopic (exact) mass is 246 g/mol. The van der Waals surface area contributed by atoms with E-state index in [1.54, 1.807) is 43.4 Å². The van der Waals surface area contributed by atoms with Gasteiger partial charge >= 0.3 is 0 Å². The Hall–Kier alpha value is -1.81. The zero-order valence-corrected chi connectivity index (χ0v) is 10.2. The predicted molar refractivity (Wildman–Crippen MR) is 67.3 cm³/mol. The van der Waals surface area contributed by atoms with E-state index in [-0.39, 0.29) is 4.90 Å². The van der Waals surface area contributed by atoms with Crippen molar-refractivity contribution in [3.05, 3.63) is 60.7 Å². The molecule has 0 saturated heterocycles. The lowest BCUT2D eigenvalue weighted by Crippen LogP contribution is -2.26. The minimum atomic E-state index is -3.48. The van der Waals surface area contributed by atoms with E-state index in [1.807, 2.05) is 6.07 Å². The van der Waals surface area contributed by atoms with Crippen LogP contribution in [0.2, 0.25) is 0 Å². The number of sulfonamides is 1. The van der Waals surface area contributed by atoms with E-state index < -0.39 is 10.0 Å². The summed E-state index contributed by atoms with van der Waals surface area (Å²) < 4.78 is 25.8. The smallest absolute Gasteiger partial charge is 0.264 e. The Bertz CT molecular complexity index is 579. The third-order valence-electron chi connectivity index (χ3n) is 2.47. The minimum absolute atomic E-state index is 0.266. The van der Waals surface area contributed by atoms with E-state index in [0.29, 0.717) is 5.69 Å². The Morgan fingerprint density at radius 1 is 1.00 bits per heavy atom. The zero-order chi connectivity index (χ0) is 12.3. The van der Waals surface area contributed by atoms with E-state index >= 15 is 0 Å². The third-order valence-corrected chi connectivity index (χ3v) is 4.27. The summed E-state index contributed by atoms with van der Waals surface area (Å²) in [5.41, 5.74) is 0.639. The molecular weight excluding hydrogens is 234 g/mol. The second-order valence-corrected chi connectivity index (χ2v) is 5.51. The largest absolute Gasteiger partial charge is 0.269 e. The lowest BCUT2D eigenvalue weighted by molar-refractivity contribution is 0.594. The fraction of sp³-hybridized carbons (Fsp3) is 0.0769. The van der Waals surface area contributed by atoms with Gasteiger partial charge in [-0.15, -0.1) is 0 Å². The van der Waals surface area contributed by atoms with Gasteiger partial charge in [0.25, 0.3) is 10.0 Å². The average Bonchev–Trinajstić information content (AvgIpc) is 2.40. The summed E-state index contributed by atoms with van der Waals surface area (Å²) in [6.07, 6.45) is 0. The highest BCUT2D eigenvalue weighted by Gasteiger charge is 2.20. The molecule has 0 spiro atoms. The van der Waals surface area contributed by atoms with Crippen LogP contribution in [0.5, 0.6) is 0 Å². The molecule has 0 fully saturated rings. The van der Waals surface area contributed by atoms with Crippen LogP contribution in [0.1, 0.15) is 0 Å². The van der Waals surface area contributed by atoms with Crippen molar-refractivity contribution >= 4 is 15.7 Å². The molecule has 2 aromatic rings. The van der Waals surface area contributed by atoms with Crippen LogP contribution in [0.3, 0.4) is 0 Å². The van der Waals surface area contributed by atoms with Gasteiger partial charge in [0.1, 0.15) is 0 Å². The van der Waals surface area contributed by atoms with Crippen LogP contribution in [0.4, 0.5) is 5.69 Å². The molecule has 17 heavy (non-hydrogen) atoms. The van der Waals surface area contributed by atoms with Crippen molar-refractivity contribution in [3.63, 3.8) is 0 Å². The fourth-order valence-corrected chi connectivity index (χ4v) is 2.67. The maximum atomic E-state index is 12.2. The molecule has 87 valence electrons. The third kappa shape index (κ3) is 2.31. The Kier molecular flexibility index (Phi) is 3.15. The number of anilines is 1. The fourth-order valence-electron chi connectivity index (χ4n) is 1.48. The first kappa shape index (κ1) is 11.7. The van der Waals surface area contributed by atoms with Crippen molar-refractivity contribution in [3.8, 4) is 0 Å². The number of hydrogen-bond acceptors (Lipinski definition) is 2. The van der Waals surface area contributed by atoms with E-state index in [9.17, 15) is 8.42 Å². The molecule has 2 rings (SSSR count). The van der Waals surface area contributed by atoms with Gasteiger partial charge in [-0.25, -0.2) is 8.42 Å². The molecule has 4 heteroatoms. The highest BCUT2D eigenvalue weighted by Crippen LogP contribution is 2.20. The summed E-state index contributed by atoms with van der Waals surface area (Å²) in [6, 6.07) is 18.0. The van der Waals surface area contributed by atoms with Gasteiger partial charge < -0.3 is 0 Å². The van der Waals surface area contributed by atoms with Crippen molar-refractivity contribution < 1.29 is 8.42 Å². The molecule has 1 radical (unpaired) electrons. The number of nitrogens with zero attached hydrogens (tertiary/aromatic N) is 1. The van der Waals surface area contributed by atoms with Crippen molar-refractivity contribution in [2.45, 2.75) is 4.90 Å². The van der Waals surface area contributed by atoms with Crippen molar-refractivity contribution in [2.24, 2.45) is 0 Å². The Balaban J connectivity index is 2.41. The molecule has 0 saturated carbocycles. The van der Waals surface area contributed by atoms with Gasteiger partial charge in [-0.2, -0.15) is 0 Å². The van der Waals surface area contributed by atoms with E-state index in [2.05, 4.69) is 6.07 Å². The van der Waals surface area contributed by atoms with Crippen LogP contribution in [-0.2, 0) is 10.0 Å². The first-order valence-electron chi connectivity index (χ1n) is 5.12. The van der Waals surface area contributed by atoms with Crippen LogP contribution in [0.15, 0.2) is 59.5 Å². The normalized spacial score (nSPS) is 11.1. The van der Waals surface area contributed by atoms with Gasteiger partial charge in [0.2, 0.25) is 0 Å². The number of hydrogen-bond donors (Lipinski definition) is 0. The first-order chi connectivity index (χ1) is 8.12. The summed E-state index contributed by atoms with van der Waals surface area (Å²) in [5, 5.41) is 0. The highest BCUT2D eigenvalue weighted by atomic mass is 32.2. The van der Waals surface area contributed by atoms with Gasteiger partial charge in [0, 0.05) is 7.05 Å². The van der Waals surface area contributed by atoms with E-state index in [0.717, 1.165) is 0 Å². The molecule has 0 bridgehead atoms. The molecule has 0 N–H and O–H groups in total. The average molecular weight is 246 g/mol. The standard InChI is InChI=1S/C13H12NO2S/c1-14(12-8-4-2-5-9-12)17(15,16)13-10-6-3-7-11-13/h2,4-11H,1H3. The minimum Gasteiger partial charge on any atom is -0.269 e. The van der Waals surface area contributed by atoms with Gasteiger partial charge in [0.15, 0.2) is 0 Å². The molecule has 0 heterocycles. The Morgan fingerprint density at radius 2 is 1.59 bits per heavy atom. The topological polar surface area (TPSA) is 37.4 Å². The highest BCUT2D eigenvalue weighted by molar-refractivity contribution is 7.92. The molecular formula is C13H12NO2S. The SMILES string of the molecule is CN(c1ccccc1)S(=O)(=O)c1cc[c]cc1. The van der Waals surface area contributed by atoms with Gasteiger partial charge in [0.05, 0.1) is 10.6 Å². The number of rotatable bonds is 3. The number of benzene rings is 2. The van der Waals surface area contributed by atoms with Crippen LogP contribution in [0.25, 0.3) is 0 Å². The molecule has 0 aliphatic rings. The van der Waals surface area contributed by atoms with Gasteiger partial charge in [-0.3, -0.25) is 4.31 Å². The van der Waals surface area contributed by atoms with Crippen LogP contribution >= 0.6 is 0 Å². The Morgan fingerprint density at radius 3 is 2.18 bits per heavy atom. The molecule has 3 nitrogen and oxygen atoms in total. The lowest BCUT2D eigenvalue weighted by Gasteiger charge is -2.19. The summed E-state index contributed by atoms with van der Waals surface area (Å²) in [5.74, 6) is 0. The van der Waals surface area contributed by atoms with Crippen LogP contribution in [0, 0.1) is 6.07 Å². The van der Waals surface area contributed by atoms with Crippen molar-refractivity contribution in [2.75, 3.05) is 11.4 Å². The van der Waals surface area contributed by atoms with Crippen molar-refractivity contribution in [1.29, 1.82) is 0 Å². The second kappa shape index (κ2) is 4.59. The molecule has 0 aliphatic heterocycles. The first-order valence-corrected chi connectivity index (χ1v) is 6.56. The molecule has 0 aromatic heterocycles. The Labute approximate surface area is 101 Å². The molecule has 0 unspecified atom stereocenters. The number of para-hydroxylation sites is 1. The molecule has 0 aliphatic carbocycles. The summed E-state index contributed by atoms with van der Waals surface area (Å²) >= 11 is 0. The van der Waals surface area contributed by atoms with E-state index in [4.69, 9.17) is 0 Å². The summed E-state index contributed by atoms with van der Waals surface area (Å²) in [4.78, 5) is 0.266. The summed E-state index contributed by atoms with van der Waals surface area (Å²) in [7, 11) is -1.94. The maximum absolute atomic E-state index is 12.2. The second-order valence-electron chi connectivity index (χ2n) is 3.54. The lowest BCUT2D eigenvalue weighted by atomic mass is 10.3. The molecule has 2 aromatic carbocycles. The van der Waals surface area contributed by atoms with Crippen LogP contribution < -0.4 is 4.31 Å². The van der Waals surface area contributed by atoms with Crippen LogP contribution in [-0.4, -0.2) is 15.5 Å². The van der Waals surface area contributed by atoms with Gasteiger partial charge in [-0.1, -0.05) is 30.3 Å².